The van der Waals surface area contributed by atoms with Gasteiger partial charge in [0.25, 0.3) is 5.91 Å². The Morgan fingerprint density at radius 1 is 0.850 bits per heavy atom. The number of rotatable bonds is 5. The van der Waals surface area contributed by atoms with Gasteiger partial charge in [-0.1, -0.05) is 42.5 Å². The van der Waals surface area contributed by atoms with Gasteiger partial charge < -0.3 is 14.8 Å². The molecule has 2 aromatic carbocycles. The molecule has 3 rings (SSSR count). The molecule has 10 heteroatoms. The molecular formula is C30H36N2O7S. The van der Waals surface area contributed by atoms with E-state index in [9.17, 15) is 22.8 Å². The molecule has 0 radical (unpaired) electrons. The highest BCUT2D eigenvalue weighted by molar-refractivity contribution is 7.95. The summed E-state index contributed by atoms with van der Waals surface area (Å²) in [4.78, 5) is 39.9. The number of hydrogen-bond acceptors (Lipinski definition) is 7. The molecule has 1 atom stereocenters. The predicted molar refractivity (Wildman–Crippen MR) is 153 cm³/mol. The molecule has 0 spiro atoms. The second-order valence-electron chi connectivity index (χ2n) is 11.6. The molecule has 214 valence electrons. The quantitative estimate of drug-likeness (QED) is 0.438. The maximum absolute atomic E-state index is 13.7. The van der Waals surface area contributed by atoms with Crippen LogP contribution in [0.25, 0.3) is 0 Å². The topological polar surface area (TPSA) is 119 Å². The maximum Gasteiger partial charge on any atom is 0.420 e. The number of benzene rings is 2. The zero-order valence-corrected chi connectivity index (χ0v) is 24.7. The average Bonchev–Trinajstić information content (AvgIpc) is 2.82. The van der Waals surface area contributed by atoms with E-state index in [0.29, 0.717) is 5.69 Å². The van der Waals surface area contributed by atoms with Crippen LogP contribution in [0.15, 0.2) is 82.6 Å². The van der Waals surface area contributed by atoms with Crippen LogP contribution >= 0.6 is 0 Å². The second-order valence-corrected chi connectivity index (χ2v) is 13.5. The first-order chi connectivity index (χ1) is 18.4. The average molecular weight is 569 g/mol. The lowest BCUT2D eigenvalue weighted by Crippen LogP contribution is -2.55. The molecule has 3 amide bonds. The van der Waals surface area contributed by atoms with E-state index in [1.54, 1.807) is 84.9 Å². The van der Waals surface area contributed by atoms with Gasteiger partial charge in [-0.2, -0.15) is 0 Å². The van der Waals surface area contributed by atoms with Gasteiger partial charge in [0, 0.05) is 5.69 Å². The molecule has 0 aliphatic heterocycles. The summed E-state index contributed by atoms with van der Waals surface area (Å²) in [6.07, 6.45) is 2.33. The fourth-order valence-electron chi connectivity index (χ4n) is 3.91. The number of carbonyl (C=O) groups is 3. The van der Waals surface area contributed by atoms with Crippen molar-refractivity contribution in [3.63, 3.8) is 0 Å². The van der Waals surface area contributed by atoms with E-state index in [0.717, 1.165) is 4.90 Å². The molecule has 0 bridgehead atoms. The number of carbonyl (C=O) groups excluding carboxylic acids is 3. The standard InChI is InChI=1S/C30H36N2O7S/c1-28(2,3)38-26(34)32(27(35)39-29(4,5)6)30(7)19-17-22(18-20-30)40(36,37)24-16-12-11-15-23(24)25(33)31-21-13-9-8-10-14-21/h8-19H,20H2,1-7H3,(H,31,33). The number of anilines is 1. The van der Waals surface area contributed by atoms with Crippen molar-refractivity contribution in [1.29, 1.82) is 0 Å². The summed E-state index contributed by atoms with van der Waals surface area (Å²) >= 11 is 0. The molecule has 0 saturated carbocycles. The lowest BCUT2D eigenvalue weighted by molar-refractivity contribution is -0.0143. The Balaban J connectivity index is 1.93. The van der Waals surface area contributed by atoms with Crippen molar-refractivity contribution in [3.05, 3.63) is 83.3 Å². The number of allylic oxidation sites excluding steroid dienone is 1. The lowest BCUT2D eigenvalue weighted by atomic mass is 9.92. The first-order valence-electron chi connectivity index (χ1n) is 12.8. The summed E-state index contributed by atoms with van der Waals surface area (Å²) < 4.78 is 38.3. The summed E-state index contributed by atoms with van der Waals surface area (Å²) in [5.74, 6) is -0.573. The number of para-hydroxylation sites is 1. The van der Waals surface area contributed by atoms with Crippen LogP contribution in [0.5, 0.6) is 0 Å². The second kappa shape index (κ2) is 11.3. The molecule has 2 aromatic rings. The van der Waals surface area contributed by atoms with Gasteiger partial charge in [0.05, 0.1) is 20.9 Å². The Bertz CT molecular complexity index is 1420. The monoisotopic (exact) mass is 568 g/mol. The molecule has 0 heterocycles. The van der Waals surface area contributed by atoms with Crippen molar-refractivity contribution in [2.75, 3.05) is 5.32 Å². The lowest BCUT2D eigenvalue weighted by Gasteiger charge is -2.39. The minimum Gasteiger partial charge on any atom is -0.443 e. The van der Waals surface area contributed by atoms with Gasteiger partial charge in [-0.05, 0) is 85.2 Å². The summed E-state index contributed by atoms with van der Waals surface area (Å²) in [5, 5.41) is 2.71. The smallest absolute Gasteiger partial charge is 0.420 e. The first kappa shape index (κ1) is 30.6. The minimum absolute atomic E-state index is 0.0156. The van der Waals surface area contributed by atoms with E-state index in [-0.39, 0.29) is 21.8 Å². The van der Waals surface area contributed by atoms with Crippen molar-refractivity contribution in [1.82, 2.24) is 4.90 Å². The third kappa shape index (κ3) is 7.38. The van der Waals surface area contributed by atoms with Gasteiger partial charge in [0.1, 0.15) is 11.2 Å². The highest BCUT2D eigenvalue weighted by Gasteiger charge is 2.44. The van der Waals surface area contributed by atoms with Crippen molar-refractivity contribution in [3.8, 4) is 0 Å². The van der Waals surface area contributed by atoms with Crippen molar-refractivity contribution in [2.45, 2.75) is 76.5 Å². The summed E-state index contributed by atoms with van der Waals surface area (Å²) in [5.41, 5.74) is -2.55. The maximum atomic E-state index is 13.7. The summed E-state index contributed by atoms with van der Waals surface area (Å²) in [6, 6.07) is 14.6. The SMILES string of the molecule is CC(C)(C)OC(=O)N(C(=O)OC(C)(C)C)C1(C)C=CC(S(=O)(=O)c2ccccc2C(=O)Nc2ccccc2)=CC1. The van der Waals surface area contributed by atoms with Gasteiger partial charge >= 0.3 is 12.2 Å². The number of nitrogens with zero attached hydrogens (tertiary/aromatic N) is 1. The van der Waals surface area contributed by atoms with Gasteiger partial charge in [0.15, 0.2) is 0 Å². The Morgan fingerprint density at radius 2 is 1.38 bits per heavy atom. The zero-order chi connectivity index (χ0) is 29.9. The molecule has 1 aliphatic carbocycles. The molecule has 0 aromatic heterocycles. The number of ether oxygens (including phenoxy) is 2. The van der Waals surface area contributed by atoms with Crippen molar-refractivity contribution >= 4 is 33.6 Å². The largest absolute Gasteiger partial charge is 0.443 e. The van der Waals surface area contributed by atoms with Gasteiger partial charge in [0.2, 0.25) is 9.84 Å². The fourth-order valence-corrected chi connectivity index (χ4v) is 5.42. The number of sulfone groups is 1. The molecule has 0 fully saturated rings. The van der Waals surface area contributed by atoms with E-state index in [2.05, 4.69) is 5.32 Å². The number of nitrogens with one attached hydrogen (secondary N) is 1. The van der Waals surface area contributed by atoms with Crippen LogP contribution in [0.1, 0.15) is 65.2 Å². The van der Waals surface area contributed by atoms with E-state index >= 15 is 0 Å². The van der Waals surface area contributed by atoms with Crippen LogP contribution in [0.3, 0.4) is 0 Å². The highest BCUT2D eigenvalue weighted by atomic mass is 32.2. The van der Waals surface area contributed by atoms with Crippen LogP contribution in [0, 0.1) is 0 Å². The normalized spacial score (nSPS) is 17.4. The van der Waals surface area contributed by atoms with Crippen molar-refractivity contribution in [2.24, 2.45) is 0 Å². The third-order valence-electron chi connectivity index (χ3n) is 5.75. The fraction of sp³-hybridized carbons (Fsp3) is 0.367. The molecule has 1 unspecified atom stereocenters. The zero-order valence-electron chi connectivity index (χ0n) is 23.8. The highest BCUT2D eigenvalue weighted by Crippen LogP contribution is 2.34. The molecule has 1 aliphatic rings. The van der Waals surface area contributed by atoms with E-state index in [4.69, 9.17) is 9.47 Å². The minimum atomic E-state index is -4.14. The number of amides is 3. The van der Waals surface area contributed by atoms with Crippen LogP contribution in [-0.2, 0) is 19.3 Å². The number of imide groups is 1. The Hall–Kier alpha value is -3.92. The Morgan fingerprint density at radius 3 is 1.88 bits per heavy atom. The number of hydrogen-bond donors (Lipinski definition) is 1. The van der Waals surface area contributed by atoms with Crippen LogP contribution in [0.4, 0.5) is 15.3 Å². The molecular weight excluding hydrogens is 532 g/mol. The molecule has 40 heavy (non-hydrogen) atoms. The van der Waals surface area contributed by atoms with Crippen LogP contribution in [-0.4, -0.2) is 48.2 Å². The molecule has 9 nitrogen and oxygen atoms in total. The summed E-state index contributed by atoms with van der Waals surface area (Å²) in [7, 11) is -4.14. The Kier molecular flexibility index (Phi) is 8.64. The van der Waals surface area contributed by atoms with Gasteiger partial charge in [-0.3, -0.25) is 4.79 Å². The van der Waals surface area contributed by atoms with Gasteiger partial charge in [-0.25, -0.2) is 22.9 Å². The Labute approximate surface area is 235 Å². The third-order valence-corrected chi connectivity index (χ3v) is 7.61. The van der Waals surface area contributed by atoms with Crippen molar-refractivity contribution < 1.29 is 32.3 Å². The van der Waals surface area contributed by atoms with Crippen LogP contribution < -0.4 is 5.32 Å². The van der Waals surface area contributed by atoms with Gasteiger partial charge in [-0.15, -0.1) is 0 Å². The van der Waals surface area contributed by atoms with E-state index in [1.807, 2.05) is 0 Å². The first-order valence-corrected chi connectivity index (χ1v) is 14.3. The molecule has 0 saturated heterocycles. The summed E-state index contributed by atoms with van der Waals surface area (Å²) in [6.45, 7) is 11.7. The van der Waals surface area contributed by atoms with E-state index in [1.165, 1.54) is 36.4 Å². The predicted octanol–water partition coefficient (Wildman–Crippen LogP) is 6.49. The molecule has 1 N–H and O–H groups in total. The van der Waals surface area contributed by atoms with Crippen LogP contribution in [0.2, 0.25) is 0 Å². The van der Waals surface area contributed by atoms with E-state index < -0.39 is 44.7 Å².